The first-order chi connectivity index (χ1) is 17.3. The molecule has 0 amide bonds. The van der Waals surface area contributed by atoms with Crippen molar-refractivity contribution in [3.05, 3.63) is 34.2 Å². The van der Waals surface area contributed by atoms with Gasteiger partial charge in [0.1, 0.15) is 17.1 Å². The highest BCUT2D eigenvalue weighted by molar-refractivity contribution is 7.89. The Bertz CT molecular complexity index is 1370. The molecule has 36 heavy (non-hydrogen) atoms. The zero-order valence-corrected chi connectivity index (χ0v) is 22.2. The summed E-state index contributed by atoms with van der Waals surface area (Å²) in [5, 5.41) is 4.47. The summed E-state index contributed by atoms with van der Waals surface area (Å²) in [4.78, 5) is 20.6. The summed E-state index contributed by atoms with van der Waals surface area (Å²) >= 11 is 0. The molecule has 0 bridgehead atoms. The first-order valence-electron chi connectivity index (χ1n) is 12.6. The quantitative estimate of drug-likeness (QED) is 0.438. The average Bonchev–Trinajstić information content (AvgIpc) is 3.19. The summed E-state index contributed by atoms with van der Waals surface area (Å²) in [7, 11) is -2.03. The van der Waals surface area contributed by atoms with Crippen LogP contribution < -0.4 is 10.3 Å². The monoisotopic (exact) mass is 517 g/mol. The summed E-state index contributed by atoms with van der Waals surface area (Å²) in [5.74, 6) is 0.705. The molecule has 1 N–H and O–H groups in total. The van der Waals surface area contributed by atoms with Gasteiger partial charge in [-0.2, -0.15) is 9.40 Å². The zero-order valence-electron chi connectivity index (χ0n) is 21.4. The fourth-order valence-electron chi connectivity index (χ4n) is 4.59. The third-order valence-electron chi connectivity index (χ3n) is 6.35. The van der Waals surface area contributed by atoms with E-state index in [1.165, 1.54) is 8.99 Å². The molecule has 0 spiro atoms. The smallest absolute Gasteiger partial charge is 0.277 e. The minimum Gasteiger partial charge on any atom is -0.493 e. The third kappa shape index (κ3) is 5.18. The van der Waals surface area contributed by atoms with Gasteiger partial charge in [-0.05, 0) is 50.8 Å². The highest BCUT2D eigenvalue weighted by atomic mass is 32.2. The summed E-state index contributed by atoms with van der Waals surface area (Å²) in [6.45, 7) is 7.80. The van der Waals surface area contributed by atoms with Crippen LogP contribution in [0.4, 0.5) is 0 Å². The fourth-order valence-corrected chi connectivity index (χ4v) is 6.08. The van der Waals surface area contributed by atoms with Crippen LogP contribution in [0.3, 0.4) is 0 Å². The van der Waals surface area contributed by atoms with E-state index in [0.29, 0.717) is 67.9 Å². The molecule has 3 heterocycles. The van der Waals surface area contributed by atoms with Crippen LogP contribution >= 0.6 is 0 Å². The van der Waals surface area contributed by atoms with Gasteiger partial charge in [0.2, 0.25) is 10.0 Å². The minimum absolute atomic E-state index is 0.0880. The molecular formula is C25H35N5O5S. The molecule has 1 aliphatic heterocycles. The molecular weight excluding hydrogens is 482 g/mol. The second-order valence-corrected chi connectivity index (χ2v) is 10.9. The van der Waals surface area contributed by atoms with Crippen molar-refractivity contribution in [2.24, 2.45) is 7.05 Å². The Labute approximate surface area is 211 Å². The van der Waals surface area contributed by atoms with E-state index in [0.717, 1.165) is 18.5 Å². The Morgan fingerprint density at radius 1 is 1.14 bits per heavy atom. The lowest BCUT2D eigenvalue weighted by molar-refractivity contribution is 0.0216. The molecule has 1 saturated heterocycles. The van der Waals surface area contributed by atoms with Gasteiger partial charge in [0.25, 0.3) is 5.56 Å². The van der Waals surface area contributed by atoms with Crippen molar-refractivity contribution in [3.63, 3.8) is 0 Å². The summed E-state index contributed by atoms with van der Waals surface area (Å²) in [5.41, 5.74) is 1.72. The van der Waals surface area contributed by atoms with E-state index in [-0.39, 0.29) is 22.4 Å². The van der Waals surface area contributed by atoms with E-state index in [9.17, 15) is 13.2 Å². The normalized spacial score (nSPS) is 15.6. The van der Waals surface area contributed by atoms with Crippen molar-refractivity contribution in [2.75, 3.05) is 26.3 Å². The van der Waals surface area contributed by atoms with Crippen LogP contribution in [0, 0.1) is 0 Å². The van der Waals surface area contributed by atoms with Crippen molar-refractivity contribution in [2.45, 2.75) is 63.9 Å². The lowest BCUT2D eigenvalue weighted by atomic mass is 10.1. The first-order valence-corrected chi connectivity index (χ1v) is 14.1. The number of fused-ring (bicyclic) bond motifs is 1. The van der Waals surface area contributed by atoms with Gasteiger partial charge < -0.3 is 14.5 Å². The van der Waals surface area contributed by atoms with Crippen LogP contribution in [0.25, 0.3) is 22.4 Å². The van der Waals surface area contributed by atoms with Crippen molar-refractivity contribution >= 4 is 21.1 Å². The average molecular weight is 518 g/mol. The number of sulfonamides is 1. The second-order valence-electron chi connectivity index (χ2n) is 9.00. The highest BCUT2D eigenvalue weighted by Gasteiger charge is 2.30. The van der Waals surface area contributed by atoms with E-state index in [2.05, 4.69) is 17.0 Å². The zero-order chi connectivity index (χ0) is 25.9. The molecule has 11 heteroatoms. The molecule has 1 fully saturated rings. The summed E-state index contributed by atoms with van der Waals surface area (Å²) in [6.07, 6.45) is 3.89. The van der Waals surface area contributed by atoms with Crippen molar-refractivity contribution < 1.29 is 17.9 Å². The summed E-state index contributed by atoms with van der Waals surface area (Å²) in [6, 6.07) is 4.72. The minimum atomic E-state index is -3.75. The predicted octanol–water partition coefficient (Wildman–Crippen LogP) is 3.25. The maximum absolute atomic E-state index is 13.5. The van der Waals surface area contributed by atoms with E-state index >= 15 is 0 Å². The number of aromatic amines is 1. The van der Waals surface area contributed by atoms with Crippen LogP contribution in [0.5, 0.6) is 5.75 Å². The van der Waals surface area contributed by atoms with Gasteiger partial charge in [0.05, 0.1) is 28.9 Å². The van der Waals surface area contributed by atoms with Gasteiger partial charge in [-0.1, -0.05) is 20.3 Å². The third-order valence-corrected chi connectivity index (χ3v) is 8.25. The van der Waals surface area contributed by atoms with Crippen LogP contribution in [0.15, 0.2) is 27.9 Å². The molecule has 0 radical (unpaired) electrons. The lowest BCUT2D eigenvalue weighted by Crippen LogP contribution is -2.40. The van der Waals surface area contributed by atoms with Gasteiger partial charge >= 0.3 is 0 Å². The number of aromatic nitrogens is 4. The van der Waals surface area contributed by atoms with E-state index in [4.69, 9.17) is 14.5 Å². The number of rotatable bonds is 10. The SMILES string of the molecule is CCCOC1CCN(S(=O)(=O)c2ccc(OCC)c(-c3nc4c(CCC)nn(C)c4c(=O)[nH]3)c2)CC1. The number of piperidine rings is 1. The van der Waals surface area contributed by atoms with Crippen LogP contribution in [0.1, 0.15) is 52.1 Å². The Morgan fingerprint density at radius 3 is 2.56 bits per heavy atom. The predicted molar refractivity (Wildman–Crippen MR) is 138 cm³/mol. The number of hydrogen-bond donors (Lipinski definition) is 1. The molecule has 1 aromatic carbocycles. The second kappa shape index (κ2) is 11.1. The molecule has 0 saturated carbocycles. The van der Waals surface area contributed by atoms with Gasteiger partial charge in [-0.25, -0.2) is 13.4 Å². The molecule has 0 atom stereocenters. The molecule has 3 aromatic rings. The van der Waals surface area contributed by atoms with E-state index in [1.807, 2.05) is 13.8 Å². The standard InChI is InChI=1S/C25H35N5O5S/c1-5-8-20-22-23(29(4)28-20)25(31)27-24(26-22)19-16-18(9-10-21(19)34-7-3)36(32,33)30-13-11-17(12-14-30)35-15-6-2/h9-10,16-17H,5-8,11-15H2,1-4H3,(H,26,27,31). The maximum Gasteiger partial charge on any atom is 0.277 e. The number of H-pyrrole nitrogens is 1. The Morgan fingerprint density at radius 2 is 1.89 bits per heavy atom. The van der Waals surface area contributed by atoms with Crippen molar-refractivity contribution in [1.82, 2.24) is 24.1 Å². The van der Waals surface area contributed by atoms with Crippen molar-refractivity contribution in [1.29, 1.82) is 0 Å². The van der Waals surface area contributed by atoms with Crippen LogP contribution in [0.2, 0.25) is 0 Å². The van der Waals surface area contributed by atoms with Crippen LogP contribution in [-0.2, 0) is 28.2 Å². The number of aryl methyl sites for hydroxylation is 2. The Kier molecular flexibility index (Phi) is 8.11. The first kappa shape index (κ1) is 26.3. The Balaban J connectivity index is 1.73. The summed E-state index contributed by atoms with van der Waals surface area (Å²) < 4.78 is 41.7. The lowest BCUT2D eigenvalue weighted by Gasteiger charge is -2.31. The number of benzene rings is 1. The molecule has 2 aromatic heterocycles. The number of nitrogens with zero attached hydrogens (tertiary/aromatic N) is 4. The maximum atomic E-state index is 13.5. The number of hydrogen-bond acceptors (Lipinski definition) is 7. The molecule has 10 nitrogen and oxygen atoms in total. The Hall–Kier alpha value is -2.76. The molecule has 0 unspecified atom stereocenters. The fraction of sp³-hybridized carbons (Fsp3) is 0.560. The number of nitrogens with one attached hydrogen (secondary N) is 1. The largest absolute Gasteiger partial charge is 0.493 e. The van der Waals surface area contributed by atoms with Gasteiger partial charge in [0, 0.05) is 26.7 Å². The van der Waals surface area contributed by atoms with Crippen LogP contribution in [-0.4, -0.2) is 64.9 Å². The van der Waals surface area contributed by atoms with Gasteiger partial charge in [0.15, 0.2) is 5.52 Å². The van der Waals surface area contributed by atoms with E-state index in [1.54, 1.807) is 25.2 Å². The molecule has 1 aliphatic rings. The topological polar surface area (TPSA) is 119 Å². The van der Waals surface area contributed by atoms with Gasteiger partial charge in [-0.3, -0.25) is 9.48 Å². The molecule has 0 aliphatic carbocycles. The van der Waals surface area contributed by atoms with Crippen molar-refractivity contribution in [3.8, 4) is 17.1 Å². The molecule has 4 rings (SSSR count). The number of ether oxygens (including phenoxy) is 2. The van der Waals surface area contributed by atoms with E-state index < -0.39 is 10.0 Å². The highest BCUT2D eigenvalue weighted by Crippen LogP contribution is 2.33. The van der Waals surface area contributed by atoms with Gasteiger partial charge in [-0.15, -0.1) is 0 Å². The molecule has 196 valence electrons.